The number of carboxylic acid groups (broad SMARTS) is 1. The zero-order valence-electron chi connectivity index (χ0n) is 9.79. The first-order valence-corrected chi connectivity index (χ1v) is 4.92. The molecular formula is C9H17N3O5. The lowest BCUT2D eigenvalue weighted by Crippen LogP contribution is -2.50. The molecule has 0 bridgehead atoms. The third-order valence-electron chi connectivity index (χ3n) is 2.17. The number of aliphatic carboxylic acids is 1. The van der Waals surface area contributed by atoms with Crippen LogP contribution in [0.1, 0.15) is 6.92 Å². The molecule has 0 fully saturated rings. The summed E-state index contributed by atoms with van der Waals surface area (Å²) in [6.07, 6.45) is 0. The number of aliphatic hydroxyl groups is 1. The van der Waals surface area contributed by atoms with E-state index in [9.17, 15) is 14.4 Å². The highest BCUT2D eigenvalue weighted by molar-refractivity contribution is 5.85. The van der Waals surface area contributed by atoms with Gasteiger partial charge in [0, 0.05) is 7.05 Å². The first kappa shape index (κ1) is 15.2. The van der Waals surface area contributed by atoms with Crippen LogP contribution < -0.4 is 5.73 Å². The number of nitrogens with two attached hydrogens (primary N) is 1. The lowest BCUT2D eigenvalue weighted by atomic mass is 10.3. The van der Waals surface area contributed by atoms with Crippen LogP contribution in [0.5, 0.6) is 0 Å². The summed E-state index contributed by atoms with van der Waals surface area (Å²) >= 11 is 0. The van der Waals surface area contributed by atoms with Gasteiger partial charge in [0.25, 0.3) is 0 Å². The Labute approximate surface area is 98.6 Å². The van der Waals surface area contributed by atoms with E-state index in [1.165, 1.54) is 7.05 Å². The van der Waals surface area contributed by atoms with Crippen molar-refractivity contribution in [2.45, 2.75) is 13.0 Å². The molecule has 1 unspecified atom stereocenters. The SMILES string of the molecule is CC(CO)N(C)C(=O)N(CC(N)=O)CC(=O)O. The summed E-state index contributed by atoms with van der Waals surface area (Å²) in [6.45, 7) is 0.221. The number of hydrogen-bond donors (Lipinski definition) is 3. The molecule has 0 aliphatic rings. The molecule has 0 aliphatic carbocycles. The zero-order chi connectivity index (χ0) is 13.6. The molecule has 98 valence electrons. The van der Waals surface area contributed by atoms with Crippen molar-refractivity contribution in [1.29, 1.82) is 0 Å². The Morgan fingerprint density at radius 3 is 2.18 bits per heavy atom. The molecule has 0 aromatic rings. The molecule has 1 atom stereocenters. The number of carbonyl (C=O) groups is 3. The number of nitrogens with zero attached hydrogens (tertiary/aromatic N) is 2. The van der Waals surface area contributed by atoms with Gasteiger partial charge in [-0.25, -0.2) is 4.79 Å². The van der Waals surface area contributed by atoms with Gasteiger partial charge in [-0.05, 0) is 6.92 Å². The molecule has 0 saturated carbocycles. The van der Waals surface area contributed by atoms with Crippen molar-refractivity contribution in [2.75, 3.05) is 26.7 Å². The Morgan fingerprint density at radius 2 is 1.82 bits per heavy atom. The molecule has 0 spiro atoms. The Bertz CT molecular complexity index is 291. The largest absolute Gasteiger partial charge is 0.480 e. The molecule has 0 radical (unpaired) electrons. The maximum atomic E-state index is 11.8. The van der Waals surface area contributed by atoms with Gasteiger partial charge in [0.1, 0.15) is 13.1 Å². The average molecular weight is 247 g/mol. The van der Waals surface area contributed by atoms with Crippen molar-refractivity contribution >= 4 is 17.9 Å². The molecular weight excluding hydrogens is 230 g/mol. The third kappa shape index (κ3) is 5.16. The van der Waals surface area contributed by atoms with Crippen LogP contribution in [0.4, 0.5) is 4.79 Å². The molecule has 0 heterocycles. The van der Waals surface area contributed by atoms with Crippen molar-refractivity contribution in [1.82, 2.24) is 9.80 Å². The smallest absolute Gasteiger partial charge is 0.323 e. The Balaban J connectivity index is 4.72. The lowest BCUT2D eigenvalue weighted by molar-refractivity contribution is -0.138. The van der Waals surface area contributed by atoms with Gasteiger partial charge in [-0.3, -0.25) is 9.59 Å². The Hall–Kier alpha value is -1.83. The van der Waals surface area contributed by atoms with Crippen molar-refractivity contribution in [3.05, 3.63) is 0 Å². The van der Waals surface area contributed by atoms with Gasteiger partial charge in [0.05, 0.1) is 12.6 Å². The van der Waals surface area contributed by atoms with Crippen LogP contribution >= 0.6 is 0 Å². The summed E-state index contributed by atoms with van der Waals surface area (Å²) in [6, 6.07) is -1.15. The quantitative estimate of drug-likeness (QED) is 0.515. The van der Waals surface area contributed by atoms with E-state index < -0.39 is 37.0 Å². The van der Waals surface area contributed by atoms with E-state index in [2.05, 4.69) is 0 Å². The summed E-state index contributed by atoms with van der Waals surface area (Å²) in [7, 11) is 1.40. The van der Waals surface area contributed by atoms with Crippen molar-refractivity contribution < 1.29 is 24.6 Å². The fraction of sp³-hybridized carbons (Fsp3) is 0.667. The van der Waals surface area contributed by atoms with E-state index in [1.54, 1.807) is 6.92 Å². The number of aliphatic hydroxyl groups excluding tert-OH is 1. The predicted molar refractivity (Wildman–Crippen MR) is 58.1 cm³/mol. The summed E-state index contributed by atoms with van der Waals surface area (Å²) in [5.74, 6) is -2.05. The van der Waals surface area contributed by atoms with E-state index in [1.807, 2.05) is 0 Å². The molecule has 3 amide bonds. The molecule has 0 aliphatic heterocycles. The number of urea groups is 1. The second-order valence-corrected chi connectivity index (χ2v) is 3.64. The second-order valence-electron chi connectivity index (χ2n) is 3.64. The van der Waals surface area contributed by atoms with Gasteiger partial charge in [0.2, 0.25) is 5.91 Å². The maximum Gasteiger partial charge on any atom is 0.323 e. The van der Waals surface area contributed by atoms with Gasteiger partial charge >= 0.3 is 12.0 Å². The summed E-state index contributed by atoms with van der Waals surface area (Å²) in [4.78, 5) is 35.0. The molecule has 4 N–H and O–H groups in total. The number of hydrogen-bond acceptors (Lipinski definition) is 4. The normalized spacial score (nSPS) is 11.7. The standard InChI is InChI=1S/C9H17N3O5/c1-6(5-13)11(2)9(17)12(3-7(10)14)4-8(15)16/h6,13H,3-5H2,1-2H3,(H2,10,14)(H,15,16). The van der Waals surface area contributed by atoms with Gasteiger partial charge < -0.3 is 25.7 Å². The van der Waals surface area contributed by atoms with Gasteiger partial charge in [-0.15, -0.1) is 0 Å². The minimum absolute atomic E-state index is 0.264. The highest BCUT2D eigenvalue weighted by Gasteiger charge is 2.24. The fourth-order valence-electron chi connectivity index (χ4n) is 1.08. The third-order valence-corrected chi connectivity index (χ3v) is 2.17. The van der Waals surface area contributed by atoms with E-state index in [-0.39, 0.29) is 6.61 Å². The van der Waals surface area contributed by atoms with Crippen LogP contribution in [0.2, 0.25) is 0 Å². The van der Waals surface area contributed by atoms with Crippen LogP contribution in [0.3, 0.4) is 0 Å². The van der Waals surface area contributed by atoms with Crippen LogP contribution in [0, 0.1) is 0 Å². The molecule has 17 heavy (non-hydrogen) atoms. The minimum atomic E-state index is -1.25. The van der Waals surface area contributed by atoms with Crippen LogP contribution in [-0.4, -0.2) is 70.7 Å². The molecule has 0 saturated heterocycles. The summed E-state index contributed by atoms with van der Waals surface area (Å²) in [5, 5.41) is 17.5. The summed E-state index contributed by atoms with van der Waals surface area (Å²) < 4.78 is 0. The number of rotatable bonds is 6. The number of primary amides is 1. The van der Waals surface area contributed by atoms with Crippen LogP contribution in [-0.2, 0) is 9.59 Å². The first-order chi connectivity index (χ1) is 7.79. The molecule has 0 rings (SSSR count). The zero-order valence-corrected chi connectivity index (χ0v) is 9.79. The second kappa shape index (κ2) is 6.69. The van der Waals surface area contributed by atoms with Crippen LogP contribution in [0.25, 0.3) is 0 Å². The van der Waals surface area contributed by atoms with Crippen molar-refractivity contribution in [3.63, 3.8) is 0 Å². The predicted octanol–water partition coefficient (Wildman–Crippen LogP) is -1.71. The minimum Gasteiger partial charge on any atom is -0.480 e. The fourth-order valence-corrected chi connectivity index (χ4v) is 1.08. The average Bonchev–Trinajstić information content (AvgIpc) is 2.23. The Morgan fingerprint density at radius 1 is 1.29 bits per heavy atom. The van der Waals surface area contributed by atoms with Crippen molar-refractivity contribution in [2.24, 2.45) is 5.73 Å². The van der Waals surface area contributed by atoms with Crippen molar-refractivity contribution in [3.8, 4) is 0 Å². The summed E-state index contributed by atoms with van der Waals surface area (Å²) in [5.41, 5.74) is 4.92. The Kier molecular flexibility index (Phi) is 5.97. The molecule has 0 aromatic heterocycles. The van der Waals surface area contributed by atoms with Gasteiger partial charge in [0.15, 0.2) is 0 Å². The highest BCUT2D eigenvalue weighted by Crippen LogP contribution is 2.01. The molecule has 8 heteroatoms. The molecule has 8 nitrogen and oxygen atoms in total. The number of amides is 3. The topological polar surface area (TPSA) is 124 Å². The van der Waals surface area contributed by atoms with E-state index in [0.717, 1.165) is 9.80 Å². The van der Waals surface area contributed by atoms with Gasteiger partial charge in [-0.2, -0.15) is 0 Å². The number of carboxylic acids is 1. The van der Waals surface area contributed by atoms with E-state index in [4.69, 9.17) is 15.9 Å². The van der Waals surface area contributed by atoms with Crippen LogP contribution in [0.15, 0.2) is 0 Å². The monoisotopic (exact) mass is 247 g/mol. The number of carbonyl (C=O) groups excluding carboxylic acids is 2. The first-order valence-electron chi connectivity index (χ1n) is 4.92. The number of likely N-dealkylation sites (N-methyl/N-ethyl adjacent to an activating group) is 1. The lowest BCUT2D eigenvalue weighted by Gasteiger charge is -2.29. The van der Waals surface area contributed by atoms with E-state index >= 15 is 0 Å². The molecule has 0 aromatic carbocycles. The van der Waals surface area contributed by atoms with Gasteiger partial charge in [-0.1, -0.05) is 0 Å². The van der Waals surface area contributed by atoms with E-state index in [0.29, 0.717) is 0 Å². The maximum absolute atomic E-state index is 11.8. The highest BCUT2D eigenvalue weighted by atomic mass is 16.4.